The molecule has 0 saturated heterocycles. The van der Waals surface area contributed by atoms with Gasteiger partial charge in [0.2, 0.25) is 17.5 Å². The van der Waals surface area contributed by atoms with E-state index in [0.717, 1.165) is 5.56 Å². The van der Waals surface area contributed by atoms with Gasteiger partial charge in [0, 0.05) is 18.2 Å². The molecule has 1 amide bonds. The quantitative estimate of drug-likeness (QED) is 0.481. The molecule has 0 saturated carbocycles. The number of nitrogens with zero attached hydrogens (tertiary/aromatic N) is 3. The summed E-state index contributed by atoms with van der Waals surface area (Å²) in [6, 6.07) is 12.8. The largest absolute Gasteiger partial charge is 0.490 e. The number of carbonyl (C=O) groups excluding carboxylic acids is 1. The van der Waals surface area contributed by atoms with Gasteiger partial charge in [-0.3, -0.25) is 4.79 Å². The first-order chi connectivity index (χ1) is 15.1. The van der Waals surface area contributed by atoms with Crippen molar-refractivity contribution in [1.29, 1.82) is 0 Å². The molecule has 0 bridgehead atoms. The highest BCUT2D eigenvalue weighted by atomic mass is 16.5. The summed E-state index contributed by atoms with van der Waals surface area (Å²) >= 11 is 0. The van der Waals surface area contributed by atoms with E-state index in [4.69, 9.17) is 18.6 Å². The molecule has 3 rings (SSSR count). The highest BCUT2D eigenvalue weighted by Crippen LogP contribution is 2.39. The lowest BCUT2D eigenvalue weighted by molar-refractivity contribution is 0.0772. The van der Waals surface area contributed by atoms with E-state index in [9.17, 15) is 4.79 Å². The smallest absolute Gasteiger partial charge is 0.254 e. The molecule has 0 aliphatic rings. The Labute approximate surface area is 181 Å². The molecule has 164 valence electrons. The molecule has 31 heavy (non-hydrogen) atoms. The van der Waals surface area contributed by atoms with Crippen molar-refractivity contribution >= 4 is 5.91 Å². The number of aromatic nitrogens is 2. The lowest BCUT2D eigenvalue weighted by atomic mass is 10.1. The molecule has 8 heteroatoms. The Morgan fingerprint density at radius 3 is 2.13 bits per heavy atom. The molecule has 8 nitrogen and oxygen atoms in total. The second-order valence-electron chi connectivity index (χ2n) is 6.63. The molecule has 2 aromatic carbocycles. The van der Waals surface area contributed by atoms with E-state index in [-0.39, 0.29) is 12.5 Å². The third-order valence-corrected chi connectivity index (χ3v) is 4.36. The zero-order chi connectivity index (χ0) is 22.2. The Bertz CT molecular complexity index is 976. The molecule has 1 aromatic heterocycles. The summed E-state index contributed by atoms with van der Waals surface area (Å²) in [5.41, 5.74) is 1.24. The molecule has 0 aliphatic carbocycles. The molecule has 0 atom stereocenters. The Hall–Kier alpha value is -3.55. The van der Waals surface area contributed by atoms with Crippen molar-refractivity contribution in [3.8, 4) is 28.7 Å². The van der Waals surface area contributed by atoms with Crippen LogP contribution in [0.1, 0.15) is 37.0 Å². The van der Waals surface area contributed by atoms with Crippen LogP contribution in [0.15, 0.2) is 46.9 Å². The Morgan fingerprint density at radius 2 is 1.55 bits per heavy atom. The molecule has 0 unspecified atom stereocenters. The highest BCUT2D eigenvalue weighted by molar-refractivity contribution is 5.95. The van der Waals surface area contributed by atoms with Gasteiger partial charge in [-0.15, -0.1) is 10.2 Å². The maximum Gasteiger partial charge on any atom is 0.254 e. The standard InChI is InChI=1S/C23H27N3O5/c1-5-28-18-13-17(14-19(29-6-2)21(18)30-7-3)23(27)26(4)15-20-24-25-22(31-20)16-11-9-8-10-12-16/h8-14H,5-7,15H2,1-4H3. The molecular formula is C23H27N3O5. The van der Waals surface area contributed by atoms with Crippen molar-refractivity contribution in [3.05, 3.63) is 53.9 Å². The summed E-state index contributed by atoms with van der Waals surface area (Å²) in [5.74, 6) is 1.96. The average Bonchev–Trinajstić information content (AvgIpc) is 3.24. The highest BCUT2D eigenvalue weighted by Gasteiger charge is 2.21. The van der Waals surface area contributed by atoms with Gasteiger partial charge in [-0.1, -0.05) is 18.2 Å². The summed E-state index contributed by atoms with van der Waals surface area (Å²) in [6.45, 7) is 7.11. The van der Waals surface area contributed by atoms with Crippen molar-refractivity contribution in [2.75, 3.05) is 26.9 Å². The number of hydrogen-bond donors (Lipinski definition) is 0. The number of carbonyl (C=O) groups is 1. The average molecular weight is 425 g/mol. The van der Waals surface area contributed by atoms with Crippen LogP contribution in [0.25, 0.3) is 11.5 Å². The maximum absolute atomic E-state index is 13.1. The number of amides is 1. The van der Waals surface area contributed by atoms with E-state index >= 15 is 0 Å². The molecule has 0 radical (unpaired) electrons. The first-order valence-electron chi connectivity index (χ1n) is 10.3. The van der Waals surface area contributed by atoms with Gasteiger partial charge in [-0.25, -0.2) is 0 Å². The van der Waals surface area contributed by atoms with Gasteiger partial charge >= 0.3 is 0 Å². The van der Waals surface area contributed by atoms with Crippen LogP contribution in [0.4, 0.5) is 0 Å². The van der Waals surface area contributed by atoms with Crippen LogP contribution < -0.4 is 14.2 Å². The fourth-order valence-electron chi connectivity index (χ4n) is 3.02. The SMILES string of the molecule is CCOc1cc(C(=O)N(C)Cc2nnc(-c3ccccc3)o2)cc(OCC)c1OCC. The van der Waals surface area contributed by atoms with E-state index < -0.39 is 0 Å². The van der Waals surface area contributed by atoms with Crippen LogP contribution in [0, 0.1) is 0 Å². The van der Waals surface area contributed by atoms with Crippen LogP contribution in [-0.4, -0.2) is 47.9 Å². The molecule has 0 fully saturated rings. The van der Waals surface area contributed by atoms with Crippen LogP contribution in [0.5, 0.6) is 17.2 Å². The number of rotatable bonds is 10. The molecular weight excluding hydrogens is 398 g/mol. The minimum atomic E-state index is -0.232. The van der Waals surface area contributed by atoms with Crippen molar-refractivity contribution in [1.82, 2.24) is 15.1 Å². The predicted octanol–water partition coefficient (Wildman–Crippen LogP) is 4.20. The fraction of sp³-hybridized carbons (Fsp3) is 0.348. The van der Waals surface area contributed by atoms with Crippen molar-refractivity contribution < 1.29 is 23.4 Å². The van der Waals surface area contributed by atoms with Gasteiger partial charge in [0.1, 0.15) is 0 Å². The Balaban J connectivity index is 1.82. The van der Waals surface area contributed by atoms with E-state index in [2.05, 4.69) is 10.2 Å². The molecule has 0 spiro atoms. The summed E-state index contributed by atoms with van der Waals surface area (Å²) in [5, 5.41) is 8.13. The number of ether oxygens (including phenoxy) is 3. The normalized spacial score (nSPS) is 10.6. The minimum Gasteiger partial charge on any atom is -0.490 e. The second kappa shape index (κ2) is 10.5. The summed E-state index contributed by atoms with van der Waals surface area (Å²) in [7, 11) is 1.67. The summed E-state index contributed by atoms with van der Waals surface area (Å²) in [6.07, 6.45) is 0. The van der Waals surface area contributed by atoms with Gasteiger partial charge in [-0.2, -0.15) is 0 Å². The van der Waals surface area contributed by atoms with Gasteiger partial charge in [-0.05, 0) is 45.0 Å². The van der Waals surface area contributed by atoms with Gasteiger partial charge in [0.15, 0.2) is 11.5 Å². The van der Waals surface area contributed by atoms with E-state index in [1.807, 2.05) is 51.1 Å². The van der Waals surface area contributed by atoms with Crippen LogP contribution >= 0.6 is 0 Å². The topological polar surface area (TPSA) is 86.9 Å². The summed E-state index contributed by atoms with van der Waals surface area (Å²) in [4.78, 5) is 14.6. The van der Waals surface area contributed by atoms with E-state index in [0.29, 0.717) is 54.4 Å². The van der Waals surface area contributed by atoms with Gasteiger partial charge in [0.25, 0.3) is 5.91 Å². The molecule has 0 N–H and O–H groups in total. The third-order valence-electron chi connectivity index (χ3n) is 4.36. The molecule has 1 heterocycles. The Kier molecular flexibility index (Phi) is 7.48. The van der Waals surface area contributed by atoms with Gasteiger partial charge in [0.05, 0.1) is 26.4 Å². The lowest BCUT2D eigenvalue weighted by Gasteiger charge is -2.19. The molecule has 3 aromatic rings. The van der Waals surface area contributed by atoms with Crippen LogP contribution in [0.3, 0.4) is 0 Å². The molecule has 0 aliphatic heterocycles. The first-order valence-corrected chi connectivity index (χ1v) is 10.3. The second-order valence-corrected chi connectivity index (χ2v) is 6.63. The van der Waals surface area contributed by atoms with Crippen molar-refractivity contribution in [2.45, 2.75) is 27.3 Å². The van der Waals surface area contributed by atoms with Crippen LogP contribution in [-0.2, 0) is 6.54 Å². The van der Waals surface area contributed by atoms with E-state index in [1.54, 1.807) is 19.2 Å². The van der Waals surface area contributed by atoms with Crippen molar-refractivity contribution in [3.63, 3.8) is 0 Å². The number of hydrogen-bond acceptors (Lipinski definition) is 7. The Morgan fingerprint density at radius 1 is 0.935 bits per heavy atom. The monoisotopic (exact) mass is 425 g/mol. The van der Waals surface area contributed by atoms with Gasteiger partial charge < -0.3 is 23.5 Å². The van der Waals surface area contributed by atoms with Crippen LogP contribution in [0.2, 0.25) is 0 Å². The number of benzene rings is 2. The lowest BCUT2D eigenvalue weighted by Crippen LogP contribution is -2.26. The first kappa shape index (κ1) is 22.1. The zero-order valence-corrected chi connectivity index (χ0v) is 18.3. The third kappa shape index (κ3) is 5.33. The predicted molar refractivity (Wildman–Crippen MR) is 115 cm³/mol. The van der Waals surface area contributed by atoms with Crippen molar-refractivity contribution in [2.24, 2.45) is 0 Å². The zero-order valence-electron chi connectivity index (χ0n) is 18.3. The fourth-order valence-corrected chi connectivity index (χ4v) is 3.02. The summed E-state index contributed by atoms with van der Waals surface area (Å²) < 4.78 is 22.8. The maximum atomic E-state index is 13.1. The van der Waals surface area contributed by atoms with E-state index in [1.165, 1.54) is 4.90 Å². The minimum absolute atomic E-state index is 0.166.